The first-order valence-electron chi connectivity index (χ1n) is 6.03. The van der Waals surface area contributed by atoms with Crippen LogP contribution in [0.25, 0.3) is 12.2 Å². The second-order valence-electron chi connectivity index (χ2n) is 4.50. The van der Waals surface area contributed by atoms with Crippen LogP contribution in [-0.2, 0) is 10.4 Å². The molecule has 0 saturated carbocycles. The van der Waals surface area contributed by atoms with Gasteiger partial charge in [0.25, 0.3) is 0 Å². The molecule has 2 aliphatic heterocycles. The SMILES string of the molecule is O=S1(=O)Oc2c(/C=C/c3ccccc3)c(O)c3c(c2O1)O3. The van der Waals surface area contributed by atoms with E-state index in [2.05, 4.69) is 0 Å². The number of hydrogen-bond donors (Lipinski definition) is 1. The molecule has 7 heteroatoms. The smallest absolute Gasteiger partial charge is 0.501 e. The Morgan fingerprint density at radius 3 is 2.38 bits per heavy atom. The first kappa shape index (κ1) is 12.1. The molecular formula is C14H8O6S. The molecule has 0 radical (unpaired) electrons. The summed E-state index contributed by atoms with van der Waals surface area (Å²) in [6.45, 7) is 0. The van der Waals surface area contributed by atoms with Crippen molar-refractivity contribution in [2.24, 2.45) is 0 Å². The highest BCUT2D eigenvalue weighted by atomic mass is 32.3. The Balaban J connectivity index is 1.83. The predicted octanol–water partition coefficient (Wildman–Crippen LogP) is 2.68. The molecule has 2 heterocycles. The fraction of sp³-hybridized carbons (Fsp3) is 0. The molecule has 21 heavy (non-hydrogen) atoms. The van der Waals surface area contributed by atoms with Gasteiger partial charge in [-0.15, -0.1) is 8.42 Å². The number of benzene rings is 2. The van der Waals surface area contributed by atoms with Crippen LogP contribution in [0.2, 0.25) is 0 Å². The summed E-state index contributed by atoms with van der Waals surface area (Å²) in [4.78, 5) is 0. The third-order valence-corrected chi connectivity index (χ3v) is 3.85. The molecule has 0 saturated heterocycles. The summed E-state index contributed by atoms with van der Waals surface area (Å²) in [7, 11) is -4.14. The molecule has 0 spiro atoms. The lowest BCUT2D eigenvalue weighted by Gasteiger charge is -1.99. The molecule has 2 aliphatic rings. The van der Waals surface area contributed by atoms with Gasteiger partial charge in [0.05, 0.1) is 5.56 Å². The molecular weight excluding hydrogens is 296 g/mol. The van der Waals surface area contributed by atoms with Crippen molar-refractivity contribution in [1.82, 2.24) is 0 Å². The molecule has 0 bridgehead atoms. The Morgan fingerprint density at radius 1 is 0.905 bits per heavy atom. The van der Waals surface area contributed by atoms with Crippen molar-refractivity contribution in [3.63, 3.8) is 0 Å². The molecule has 1 N–H and O–H groups in total. The Kier molecular flexibility index (Phi) is 2.26. The number of ether oxygens (including phenoxy) is 1. The third kappa shape index (κ3) is 1.90. The van der Waals surface area contributed by atoms with Gasteiger partial charge in [-0.3, -0.25) is 0 Å². The minimum Gasteiger partial charge on any atom is -0.504 e. The second kappa shape index (κ2) is 3.92. The van der Waals surface area contributed by atoms with Crippen molar-refractivity contribution < 1.29 is 26.6 Å². The van der Waals surface area contributed by atoms with Gasteiger partial charge in [0.2, 0.25) is 23.0 Å². The van der Waals surface area contributed by atoms with Crippen molar-refractivity contribution in [3.8, 4) is 28.7 Å². The van der Waals surface area contributed by atoms with Crippen molar-refractivity contribution in [2.75, 3.05) is 0 Å². The highest BCUT2D eigenvalue weighted by Crippen LogP contribution is 2.66. The topological polar surface area (TPSA) is 85.4 Å². The monoisotopic (exact) mass is 304 g/mol. The number of fused-ring (bicyclic) bond motifs is 3. The normalized spacial score (nSPS) is 16.6. The Morgan fingerprint density at radius 2 is 1.62 bits per heavy atom. The zero-order valence-corrected chi connectivity index (χ0v) is 11.3. The summed E-state index contributed by atoms with van der Waals surface area (Å²) in [6.07, 6.45) is 3.27. The van der Waals surface area contributed by atoms with Crippen LogP contribution in [0.4, 0.5) is 0 Å². The minimum absolute atomic E-state index is 0.0180. The average molecular weight is 304 g/mol. The third-order valence-electron chi connectivity index (χ3n) is 3.11. The first-order chi connectivity index (χ1) is 10.1. The Labute approximate surface area is 120 Å². The van der Waals surface area contributed by atoms with Crippen molar-refractivity contribution in [2.45, 2.75) is 0 Å². The van der Waals surface area contributed by atoms with E-state index in [0.717, 1.165) is 5.56 Å². The molecule has 2 aromatic rings. The van der Waals surface area contributed by atoms with Crippen LogP contribution in [-0.4, -0.2) is 13.5 Å². The van der Waals surface area contributed by atoms with Gasteiger partial charge in [-0.1, -0.05) is 36.4 Å². The highest BCUT2D eigenvalue weighted by Gasteiger charge is 2.44. The number of aromatic hydroxyl groups is 1. The average Bonchev–Trinajstić information content (AvgIpc) is 3.18. The lowest BCUT2D eigenvalue weighted by Crippen LogP contribution is -2.08. The first-order valence-corrected chi connectivity index (χ1v) is 7.36. The van der Waals surface area contributed by atoms with E-state index < -0.39 is 10.4 Å². The summed E-state index contributed by atoms with van der Waals surface area (Å²) < 4.78 is 37.3. The van der Waals surface area contributed by atoms with Crippen LogP contribution in [0, 0.1) is 0 Å². The lowest BCUT2D eigenvalue weighted by atomic mass is 10.1. The van der Waals surface area contributed by atoms with Crippen molar-refractivity contribution >= 4 is 22.6 Å². The molecule has 0 atom stereocenters. The Hall–Kier alpha value is -2.67. The van der Waals surface area contributed by atoms with Crippen LogP contribution in [0.15, 0.2) is 30.3 Å². The van der Waals surface area contributed by atoms with E-state index in [0.29, 0.717) is 0 Å². The fourth-order valence-corrected chi connectivity index (χ4v) is 2.87. The van der Waals surface area contributed by atoms with E-state index in [9.17, 15) is 13.5 Å². The fourth-order valence-electron chi connectivity index (χ4n) is 2.12. The maximum atomic E-state index is 11.4. The molecule has 6 nitrogen and oxygen atoms in total. The van der Waals surface area contributed by atoms with Gasteiger partial charge in [-0.25, -0.2) is 0 Å². The van der Waals surface area contributed by atoms with E-state index in [4.69, 9.17) is 13.1 Å². The Bertz CT molecular complexity index is 884. The minimum atomic E-state index is -4.14. The molecule has 106 valence electrons. The molecule has 0 fully saturated rings. The van der Waals surface area contributed by atoms with Gasteiger partial charge >= 0.3 is 10.4 Å². The van der Waals surface area contributed by atoms with E-state index in [1.165, 1.54) is 0 Å². The summed E-state index contributed by atoms with van der Waals surface area (Å²) in [6, 6.07) is 9.35. The van der Waals surface area contributed by atoms with Gasteiger partial charge in [0, 0.05) is 0 Å². The van der Waals surface area contributed by atoms with Crippen LogP contribution in [0.3, 0.4) is 0 Å². The van der Waals surface area contributed by atoms with Crippen molar-refractivity contribution in [1.29, 1.82) is 0 Å². The highest BCUT2D eigenvalue weighted by molar-refractivity contribution is 7.82. The van der Waals surface area contributed by atoms with Crippen LogP contribution < -0.4 is 13.1 Å². The molecule has 0 aliphatic carbocycles. The molecule has 0 amide bonds. The van der Waals surface area contributed by atoms with E-state index in [1.807, 2.05) is 30.3 Å². The summed E-state index contributed by atoms with van der Waals surface area (Å²) in [5.41, 5.74) is 1.09. The summed E-state index contributed by atoms with van der Waals surface area (Å²) in [5, 5.41) is 10.1. The van der Waals surface area contributed by atoms with Gasteiger partial charge < -0.3 is 18.2 Å². The quantitative estimate of drug-likeness (QED) is 0.578. The maximum Gasteiger partial charge on any atom is 0.501 e. The summed E-state index contributed by atoms with van der Waals surface area (Å²) >= 11 is 0. The molecule has 0 aromatic heterocycles. The van der Waals surface area contributed by atoms with Crippen LogP contribution >= 0.6 is 0 Å². The van der Waals surface area contributed by atoms with E-state index in [-0.39, 0.29) is 34.3 Å². The van der Waals surface area contributed by atoms with Crippen molar-refractivity contribution in [3.05, 3.63) is 41.5 Å². The lowest BCUT2D eigenvalue weighted by molar-refractivity contribution is 0.430. The van der Waals surface area contributed by atoms with Crippen LogP contribution in [0.5, 0.6) is 28.7 Å². The van der Waals surface area contributed by atoms with Gasteiger partial charge in [-0.05, 0) is 11.6 Å². The largest absolute Gasteiger partial charge is 0.504 e. The number of phenolic OH excluding ortho intramolecular Hbond substituents is 1. The van der Waals surface area contributed by atoms with Gasteiger partial charge in [0.1, 0.15) is 0 Å². The second-order valence-corrected chi connectivity index (χ2v) is 5.65. The summed E-state index contributed by atoms with van der Waals surface area (Å²) in [5.74, 6) is 0.158. The van der Waals surface area contributed by atoms with Gasteiger partial charge in [0.15, 0.2) is 5.75 Å². The molecule has 4 rings (SSSR count). The standard InChI is InChI=1S/C14H8O6S/c15-10-9(7-6-8-4-2-1-3-5-8)11-14(13-12(10)18-13)20-21(16,17)19-11/h1-7,15H/b7-6+. The van der Waals surface area contributed by atoms with Crippen LogP contribution in [0.1, 0.15) is 11.1 Å². The predicted molar refractivity (Wildman–Crippen MR) is 73.7 cm³/mol. The zero-order chi connectivity index (χ0) is 14.6. The number of phenols is 1. The van der Waals surface area contributed by atoms with E-state index >= 15 is 0 Å². The molecule has 2 aromatic carbocycles. The van der Waals surface area contributed by atoms with E-state index in [1.54, 1.807) is 12.2 Å². The molecule has 0 unspecified atom stereocenters. The maximum absolute atomic E-state index is 11.4. The number of rotatable bonds is 2. The zero-order valence-electron chi connectivity index (χ0n) is 10.4. The number of hydrogen-bond acceptors (Lipinski definition) is 6. The van der Waals surface area contributed by atoms with Gasteiger partial charge in [-0.2, -0.15) is 0 Å².